The van der Waals surface area contributed by atoms with Crippen molar-refractivity contribution in [3.63, 3.8) is 0 Å². The SMILES string of the molecule is CC(C)C[C@@H](NC(=O)OC(C)(C)C)C(=O)N[C@H]1CC[C@@H]2CN(Cc3cccc(C(F)(F)F)c3)C[C@@H]21. The number of rotatable bonds is 7. The van der Waals surface area contributed by atoms with Gasteiger partial charge in [0.1, 0.15) is 11.6 Å². The van der Waals surface area contributed by atoms with Crippen LogP contribution in [0.4, 0.5) is 18.0 Å². The molecule has 1 aliphatic carbocycles. The number of carbonyl (C=O) groups excluding carboxylic acids is 2. The summed E-state index contributed by atoms with van der Waals surface area (Å²) in [5.41, 5.74) is -0.652. The van der Waals surface area contributed by atoms with E-state index in [1.54, 1.807) is 26.8 Å². The Morgan fingerprint density at radius 2 is 1.86 bits per heavy atom. The molecule has 1 saturated heterocycles. The first-order chi connectivity index (χ1) is 16.2. The van der Waals surface area contributed by atoms with Gasteiger partial charge in [-0.1, -0.05) is 32.0 Å². The molecule has 0 radical (unpaired) electrons. The largest absolute Gasteiger partial charge is 0.444 e. The molecule has 2 fully saturated rings. The van der Waals surface area contributed by atoms with E-state index < -0.39 is 29.5 Å². The van der Waals surface area contributed by atoms with Crippen molar-refractivity contribution in [1.29, 1.82) is 0 Å². The van der Waals surface area contributed by atoms with Crippen molar-refractivity contribution in [3.05, 3.63) is 35.4 Å². The number of ether oxygens (including phenoxy) is 1. The first kappa shape index (κ1) is 27.3. The quantitative estimate of drug-likeness (QED) is 0.558. The minimum Gasteiger partial charge on any atom is -0.444 e. The molecule has 1 saturated carbocycles. The second-order valence-electron chi connectivity index (χ2n) is 11.3. The highest BCUT2D eigenvalue weighted by Crippen LogP contribution is 2.39. The van der Waals surface area contributed by atoms with Crippen LogP contribution in [0, 0.1) is 17.8 Å². The lowest BCUT2D eigenvalue weighted by atomic mass is 9.97. The van der Waals surface area contributed by atoms with Gasteiger partial charge in [-0.05, 0) is 69.4 Å². The summed E-state index contributed by atoms with van der Waals surface area (Å²) in [6, 6.07) is 4.77. The van der Waals surface area contributed by atoms with E-state index in [-0.39, 0.29) is 23.8 Å². The summed E-state index contributed by atoms with van der Waals surface area (Å²) in [5, 5.41) is 5.87. The molecule has 2 N–H and O–H groups in total. The molecule has 35 heavy (non-hydrogen) atoms. The fraction of sp³-hybridized carbons (Fsp3) is 0.692. The Morgan fingerprint density at radius 3 is 2.49 bits per heavy atom. The third-order valence-corrected chi connectivity index (χ3v) is 6.64. The van der Waals surface area contributed by atoms with Gasteiger partial charge < -0.3 is 15.4 Å². The van der Waals surface area contributed by atoms with Crippen molar-refractivity contribution < 1.29 is 27.5 Å². The number of halogens is 3. The third-order valence-electron chi connectivity index (χ3n) is 6.64. The van der Waals surface area contributed by atoms with Crippen LogP contribution in [0.25, 0.3) is 0 Å². The Kier molecular flexibility index (Phi) is 8.40. The third kappa shape index (κ3) is 7.85. The van der Waals surface area contributed by atoms with Crippen molar-refractivity contribution in [3.8, 4) is 0 Å². The molecular formula is C26H38F3N3O3. The average Bonchev–Trinajstić information content (AvgIpc) is 3.26. The van der Waals surface area contributed by atoms with E-state index in [0.717, 1.165) is 32.0 Å². The van der Waals surface area contributed by atoms with Crippen LogP contribution >= 0.6 is 0 Å². The maximum Gasteiger partial charge on any atom is 0.416 e. The topological polar surface area (TPSA) is 70.7 Å². The van der Waals surface area contributed by atoms with Gasteiger partial charge in [0.15, 0.2) is 0 Å². The zero-order chi connectivity index (χ0) is 26.0. The minimum absolute atomic E-state index is 0.0193. The molecule has 3 rings (SSSR count). The van der Waals surface area contributed by atoms with E-state index in [1.807, 2.05) is 13.8 Å². The Labute approximate surface area is 206 Å². The average molecular weight is 498 g/mol. The van der Waals surface area contributed by atoms with Gasteiger partial charge in [0, 0.05) is 25.7 Å². The molecule has 2 aliphatic rings. The van der Waals surface area contributed by atoms with Gasteiger partial charge in [0.05, 0.1) is 5.56 Å². The summed E-state index contributed by atoms with van der Waals surface area (Å²) in [4.78, 5) is 27.6. The highest BCUT2D eigenvalue weighted by molar-refractivity contribution is 5.86. The summed E-state index contributed by atoms with van der Waals surface area (Å²) < 4.78 is 44.5. The van der Waals surface area contributed by atoms with Gasteiger partial charge in [0.2, 0.25) is 5.91 Å². The number of benzene rings is 1. The van der Waals surface area contributed by atoms with Gasteiger partial charge >= 0.3 is 12.3 Å². The highest BCUT2D eigenvalue weighted by Gasteiger charge is 2.43. The van der Waals surface area contributed by atoms with Crippen LogP contribution in [-0.4, -0.2) is 47.7 Å². The van der Waals surface area contributed by atoms with Crippen molar-refractivity contribution in [1.82, 2.24) is 15.5 Å². The smallest absolute Gasteiger partial charge is 0.416 e. The summed E-state index contributed by atoms with van der Waals surface area (Å²) in [7, 11) is 0. The van der Waals surface area contributed by atoms with Crippen LogP contribution in [0.1, 0.15) is 65.0 Å². The molecule has 196 valence electrons. The van der Waals surface area contributed by atoms with Crippen molar-refractivity contribution in [2.45, 2.75) is 84.3 Å². The lowest BCUT2D eigenvalue weighted by Gasteiger charge is -2.27. The fourth-order valence-electron chi connectivity index (χ4n) is 5.21. The van der Waals surface area contributed by atoms with Crippen LogP contribution in [0.2, 0.25) is 0 Å². The van der Waals surface area contributed by atoms with E-state index in [0.29, 0.717) is 24.4 Å². The fourth-order valence-corrected chi connectivity index (χ4v) is 5.21. The number of alkyl halides is 3. The molecule has 1 heterocycles. The molecule has 1 aliphatic heterocycles. The predicted octanol–water partition coefficient (Wildman–Crippen LogP) is 4.97. The second kappa shape index (κ2) is 10.8. The standard InChI is InChI=1S/C26H38F3N3O3/c1-16(2)11-22(31-24(34)35-25(3,4)5)23(33)30-21-10-9-18-14-32(15-20(18)21)13-17-7-6-8-19(12-17)26(27,28)29/h6-8,12,16,18,20-22H,9-11,13-15H2,1-5H3,(H,30,33)(H,31,34)/t18-,20+,21+,22-/m1/s1. The lowest BCUT2D eigenvalue weighted by molar-refractivity contribution is -0.137. The normalized spacial score (nSPS) is 23.7. The highest BCUT2D eigenvalue weighted by atomic mass is 19.4. The van der Waals surface area contributed by atoms with Gasteiger partial charge in [-0.15, -0.1) is 0 Å². The van der Waals surface area contributed by atoms with Crippen LogP contribution < -0.4 is 10.6 Å². The van der Waals surface area contributed by atoms with E-state index in [1.165, 1.54) is 12.1 Å². The number of likely N-dealkylation sites (tertiary alicyclic amines) is 1. The summed E-state index contributed by atoms with van der Waals surface area (Å²) in [5.74, 6) is 0.623. The molecule has 1 aromatic carbocycles. The van der Waals surface area contributed by atoms with Crippen molar-refractivity contribution in [2.75, 3.05) is 13.1 Å². The number of hydrogen-bond acceptors (Lipinski definition) is 4. The molecule has 2 amide bonds. The van der Waals surface area contributed by atoms with Crippen LogP contribution in [-0.2, 0) is 22.3 Å². The van der Waals surface area contributed by atoms with Crippen molar-refractivity contribution in [2.24, 2.45) is 17.8 Å². The molecule has 0 aromatic heterocycles. The maximum absolute atomic E-state index is 13.1. The van der Waals surface area contributed by atoms with E-state index in [9.17, 15) is 22.8 Å². The number of alkyl carbamates (subject to hydrolysis) is 1. The van der Waals surface area contributed by atoms with Crippen LogP contribution in [0.15, 0.2) is 24.3 Å². The molecular weight excluding hydrogens is 459 g/mol. The zero-order valence-corrected chi connectivity index (χ0v) is 21.2. The van der Waals surface area contributed by atoms with Crippen LogP contribution in [0.5, 0.6) is 0 Å². The lowest BCUT2D eigenvalue weighted by Crippen LogP contribution is -2.52. The number of nitrogens with one attached hydrogen (secondary N) is 2. The first-order valence-corrected chi connectivity index (χ1v) is 12.4. The summed E-state index contributed by atoms with van der Waals surface area (Å²) in [6.45, 7) is 11.3. The monoisotopic (exact) mass is 497 g/mol. The van der Waals surface area contributed by atoms with Crippen molar-refractivity contribution >= 4 is 12.0 Å². The Balaban J connectivity index is 1.59. The number of hydrogen-bond donors (Lipinski definition) is 2. The van der Waals surface area contributed by atoms with E-state index in [4.69, 9.17) is 4.74 Å². The van der Waals surface area contributed by atoms with E-state index >= 15 is 0 Å². The number of fused-ring (bicyclic) bond motifs is 1. The minimum atomic E-state index is -4.35. The van der Waals surface area contributed by atoms with Gasteiger partial charge in [0.25, 0.3) is 0 Å². The van der Waals surface area contributed by atoms with Gasteiger partial charge in [-0.2, -0.15) is 13.2 Å². The zero-order valence-electron chi connectivity index (χ0n) is 21.2. The van der Waals surface area contributed by atoms with Gasteiger partial charge in [-0.3, -0.25) is 9.69 Å². The van der Waals surface area contributed by atoms with Crippen LogP contribution in [0.3, 0.4) is 0 Å². The first-order valence-electron chi connectivity index (χ1n) is 12.4. The number of carbonyl (C=O) groups is 2. The molecule has 0 spiro atoms. The predicted molar refractivity (Wildman–Crippen MR) is 127 cm³/mol. The Hall–Kier alpha value is -2.29. The molecule has 1 aromatic rings. The Bertz CT molecular complexity index is 898. The Morgan fingerprint density at radius 1 is 1.14 bits per heavy atom. The molecule has 9 heteroatoms. The molecule has 6 nitrogen and oxygen atoms in total. The summed E-state index contributed by atoms with van der Waals surface area (Å²) in [6.07, 6.45) is -2.65. The van der Waals surface area contributed by atoms with E-state index in [2.05, 4.69) is 15.5 Å². The summed E-state index contributed by atoms with van der Waals surface area (Å²) >= 11 is 0. The molecule has 4 atom stereocenters. The second-order valence-corrected chi connectivity index (χ2v) is 11.3. The molecule has 0 bridgehead atoms. The maximum atomic E-state index is 13.1. The number of amides is 2. The number of nitrogens with zero attached hydrogens (tertiary/aromatic N) is 1. The van der Waals surface area contributed by atoms with Gasteiger partial charge in [-0.25, -0.2) is 4.79 Å². The molecule has 0 unspecified atom stereocenters.